The molecule has 2 amide bonds. The zero-order valence-electron chi connectivity index (χ0n) is 10.5. The average molecular weight is 313 g/mol. The number of aryl methyl sites for hydroxylation is 1. The van der Waals surface area contributed by atoms with Gasteiger partial charge in [0.25, 0.3) is 0 Å². The van der Waals surface area contributed by atoms with E-state index in [1.54, 1.807) is 0 Å². The Labute approximate surface area is 115 Å². The van der Waals surface area contributed by atoms with Gasteiger partial charge in [-0.05, 0) is 34.0 Å². The molecule has 0 saturated heterocycles. The van der Waals surface area contributed by atoms with E-state index >= 15 is 0 Å². The van der Waals surface area contributed by atoms with E-state index in [9.17, 15) is 4.79 Å². The van der Waals surface area contributed by atoms with Crippen LogP contribution in [0.15, 0.2) is 22.7 Å². The number of benzene rings is 1. The quantitative estimate of drug-likeness (QED) is 0.592. The Bertz CT molecular complexity index is 461. The predicted molar refractivity (Wildman–Crippen MR) is 77.0 cm³/mol. The summed E-state index contributed by atoms with van der Waals surface area (Å²) in [6.45, 7) is 2.06. The second kappa shape index (κ2) is 6.39. The molecule has 0 aromatic heterocycles. The van der Waals surface area contributed by atoms with E-state index in [0.717, 1.165) is 27.8 Å². The Morgan fingerprint density at radius 2 is 2.22 bits per heavy atom. The van der Waals surface area contributed by atoms with Gasteiger partial charge in [0.1, 0.15) is 0 Å². The first-order chi connectivity index (χ1) is 8.52. The third-order valence-corrected chi connectivity index (χ3v) is 3.11. The number of nitrogens with one attached hydrogen (secondary N) is 2. The molecule has 0 aliphatic carbocycles. The molecule has 0 unspecified atom stereocenters. The van der Waals surface area contributed by atoms with Gasteiger partial charge in [0.05, 0.1) is 5.69 Å². The highest BCUT2D eigenvalue weighted by atomic mass is 79.9. The van der Waals surface area contributed by atoms with Crippen LogP contribution in [0, 0.1) is 5.41 Å². The van der Waals surface area contributed by atoms with Gasteiger partial charge < -0.3 is 11.1 Å². The summed E-state index contributed by atoms with van der Waals surface area (Å²) < 4.78 is 0.743. The molecular weight excluding hydrogens is 296 g/mol. The van der Waals surface area contributed by atoms with Gasteiger partial charge in [0, 0.05) is 11.5 Å². The number of carbonyl (C=O) groups excluding carboxylic acids is 1. The third-order valence-electron chi connectivity index (χ3n) is 2.47. The van der Waals surface area contributed by atoms with Crippen molar-refractivity contribution in [2.45, 2.75) is 19.8 Å². The molecule has 0 heterocycles. The first kappa shape index (κ1) is 14.5. The number of halogens is 1. The van der Waals surface area contributed by atoms with Crippen LogP contribution < -0.4 is 16.0 Å². The molecule has 18 heavy (non-hydrogen) atoms. The lowest BCUT2D eigenvalue weighted by Crippen LogP contribution is -2.46. The van der Waals surface area contributed by atoms with E-state index in [1.807, 2.05) is 18.2 Å². The van der Waals surface area contributed by atoms with Crippen LogP contribution >= 0.6 is 15.9 Å². The van der Waals surface area contributed by atoms with E-state index in [0.29, 0.717) is 5.69 Å². The topological polar surface area (TPSA) is 82.2 Å². The van der Waals surface area contributed by atoms with Gasteiger partial charge in [-0.2, -0.15) is 0 Å². The van der Waals surface area contributed by atoms with Crippen molar-refractivity contribution in [3.8, 4) is 0 Å². The number of carbonyl (C=O) groups is 1. The lowest BCUT2D eigenvalue weighted by atomic mass is 10.1. The number of rotatable bonds is 3. The molecule has 0 bridgehead atoms. The fraction of sp³-hybridized carbons (Fsp3) is 0.333. The van der Waals surface area contributed by atoms with E-state index in [2.05, 4.69) is 28.2 Å². The number of nitrogens with two attached hydrogens (primary N) is 1. The van der Waals surface area contributed by atoms with Crippen molar-refractivity contribution in [1.82, 2.24) is 5.32 Å². The zero-order chi connectivity index (χ0) is 13.7. The molecule has 0 atom stereocenters. The first-order valence-electron chi connectivity index (χ1n) is 5.66. The van der Waals surface area contributed by atoms with Crippen LogP contribution in [0.2, 0.25) is 0 Å². The van der Waals surface area contributed by atoms with Crippen LogP contribution in [0.1, 0.15) is 18.9 Å². The number of nitrogens with zero attached hydrogens (tertiary/aromatic N) is 1. The van der Waals surface area contributed by atoms with Gasteiger partial charge in [0.15, 0.2) is 0 Å². The maximum atomic E-state index is 11.8. The molecule has 0 fully saturated rings. The second-order valence-corrected chi connectivity index (χ2v) is 4.63. The highest BCUT2D eigenvalue weighted by Gasteiger charge is 2.22. The minimum Gasteiger partial charge on any atom is -0.369 e. The molecule has 0 saturated carbocycles. The lowest BCUT2D eigenvalue weighted by Gasteiger charge is -2.24. The largest absolute Gasteiger partial charge is 0.369 e. The molecule has 98 valence electrons. The number of anilines is 1. The average Bonchev–Trinajstić information content (AvgIpc) is 2.32. The van der Waals surface area contributed by atoms with Gasteiger partial charge in [-0.3, -0.25) is 5.41 Å². The predicted octanol–water partition coefficient (Wildman–Crippen LogP) is 2.44. The Morgan fingerprint density at radius 3 is 2.72 bits per heavy atom. The van der Waals surface area contributed by atoms with Gasteiger partial charge in [-0.25, -0.2) is 9.69 Å². The Morgan fingerprint density at radius 1 is 1.56 bits per heavy atom. The number of urea groups is 1. The number of hydrogen-bond donors (Lipinski definition) is 3. The zero-order valence-corrected chi connectivity index (χ0v) is 12.0. The van der Waals surface area contributed by atoms with Crippen molar-refractivity contribution < 1.29 is 4.79 Å². The van der Waals surface area contributed by atoms with Gasteiger partial charge in [-0.1, -0.05) is 25.5 Å². The number of guanidine groups is 1. The van der Waals surface area contributed by atoms with Crippen molar-refractivity contribution in [3.05, 3.63) is 28.2 Å². The van der Waals surface area contributed by atoms with E-state index in [-0.39, 0.29) is 5.96 Å². The molecule has 1 rings (SSSR count). The summed E-state index contributed by atoms with van der Waals surface area (Å²) in [6, 6.07) is 5.24. The van der Waals surface area contributed by atoms with Crippen molar-refractivity contribution in [2.24, 2.45) is 5.73 Å². The van der Waals surface area contributed by atoms with Crippen LogP contribution in [-0.2, 0) is 6.42 Å². The molecule has 5 nitrogen and oxygen atoms in total. The van der Waals surface area contributed by atoms with Crippen LogP contribution in [0.3, 0.4) is 0 Å². The molecule has 0 spiro atoms. The summed E-state index contributed by atoms with van der Waals surface area (Å²) >= 11 is 3.41. The molecule has 0 aliphatic rings. The SMILES string of the molecule is CCCc1cccc(Br)c1N(C(=N)N)C(=O)NC. The third kappa shape index (κ3) is 3.01. The molecular formula is C12H17BrN4O. The monoisotopic (exact) mass is 312 g/mol. The minimum absolute atomic E-state index is 0.307. The number of para-hydroxylation sites is 1. The Balaban J connectivity index is 3.34. The fourth-order valence-corrected chi connectivity index (χ4v) is 2.31. The van der Waals surface area contributed by atoms with Gasteiger partial charge in [0.2, 0.25) is 5.96 Å². The summed E-state index contributed by atoms with van der Waals surface area (Å²) in [5, 5.41) is 10.1. The van der Waals surface area contributed by atoms with Crippen molar-refractivity contribution in [2.75, 3.05) is 11.9 Å². The Kier molecular flexibility index (Phi) is 5.15. The molecule has 0 radical (unpaired) electrons. The van der Waals surface area contributed by atoms with Crippen molar-refractivity contribution >= 4 is 33.6 Å². The summed E-state index contributed by atoms with van der Waals surface area (Å²) in [5.74, 6) is -0.307. The van der Waals surface area contributed by atoms with Crippen molar-refractivity contribution in [3.63, 3.8) is 0 Å². The maximum Gasteiger partial charge on any atom is 0.328 e. The highest BCUT2D eigenvalue weighted by molar-refractivity contribution is 9.10. The Hall–Kier alpha value is -1.56. The number of amides is 2. The minimum atomic E-state index is -0.424. The van der Waals surface area contributed by atoms with Crippen molar-refractivity contribution in [1.29, 1.82) is 5.41 Å². The molecule has 1 aromatic rings. The van der Waals surface area contributed by atoms with E-state index in [1.165, 1.54) is 7.05 Å². The first-order valence-corrected chi connectivity index (χ1v) is 6.45. The van der Waals surface area contributed by atoms with Gasteiger partial charge >= 0.3 is 6.03 Å². The smallest absolute Gasteiger partial charge is 0.328 e. The molecule has 4 N–H and O–H groups in total. The van der Waals surface area contributed by atoms with E-state index < -0.39 is 6.03 Å². The maximum absolute atomic E-state index is 11.8. The summed E-state index contributed by atoms with van der Waals surface area (Å²) in [4.78, 5) is 13.0. The van der Waals surface area contributed by atoms with Crippen LogP contribution in [0.25, 0.3) is 0 Å². The fourth-order valence-electron chi connectivity index (χ4n) is 1.72. The second-order valence-electron chi connectivity index (χ2n) is 3.77. The highest BCUT2D eigenvalue weighted by Crippen LogP contribution is 2.31. The number of hydrogen-bond acceptors (Lipinski definition) is 2. The lowest BCUT2D eigenvalue weighted by molar-refractivity contribution is 0.251. The summed E-state index contributed by atoms with van der Waals surface area (Å²) in [5.41, 5.74) is 7.11. The molecule has 1 aromatic carbocycles. The van der Waals surface area contributed by atoms with Crippen LogP contribution in [-0.4, -0.2) is 19.0 Å². The van der Waals surface area contributed by atoms with Crippen LogP contribution in [0.4, 0.5) is 10.5 Å². The molecule has 6 heteroatoms. The standard InChI is InChI=1S/C12H17BrN4O/c1-3-5-8-6-4-7-9(13)10(8)17(11(14)15)12(18)16-2/h4,6-7H,3,5H2,1-2H3,(H3,14,15)(H,16,18). The van der Waals surface area contributed by atoms with E-state index in [4.69, 9.17) is 11.1 Å². The van der Waals surface area contributed by atoms with Gasteiger partial charge in [-0.15, -0.1) is 0 Å². The summed E-state index contributed by atoms with van der Waals surface area (Å²) in [7, 11) is 1.51. The summed E-state index contributed by atoms with van der Waals surface area (Å²) in [6.07, 6.45) is 1.76. The van der Waals surface area contributed by atoms with Crippen LogP contribution in [0.5, 0.6) is 0 Å². The molecule has 0 aliphatic heterocycles. The normalized spacial score (nSPS) is 9.94.